The van der Waals surface area contributed by atoms with Crippen LogP contribution in [0.5, 0.6) is 0 Å². The first-order valence-electron chi connectivity index (χ1n) is 8.51. The Bertz CT molecular complexity index is 282. The molecule has 0 aliphatic rings. The standard InChI is InChI=1S/C16H28O2.C2H6.CH4O/c1-6-10-14(7-2)12-15(8-3)11-13(5)18-16(17)9-4;2*1-2/h6,10,13,15H,1,7-9,11-12H2,2-5H3;1-2H3;2H,1H3/b14-10+;;. The fraction of sp³-hybridized carbons (Fsp3) is 0.737. The van der Waals surface area contributed by atoms with E-state index >= 15 is 0 Å². The molecule has 2 atom stereocenters. The summed E-state index contributed by atoms with van der Waals surface area (Å²) < 4.78 is 5.33. The molecule has 0 amide bonds. The summed E-state index contributed by atoms with van der Waals surface area (Å²) in [6.45, 7) is 15.9. The molecule has 0 spiro atoms. The van der Waals surface area contributed by atoms with Gasteiger partial charge < -0.3 is 9.84 Å². The number of rotatable bonds is 9. The van der Waals surface area contributed by atoms with Crippen molar-refractivity contribution >= 4 is 5.97 Å². The third kappa shape index (κ3) is 15.3. The molecule has 22 heavy (non-hydrogen) atoms. The monoisotopic (exact) mass is 314 g/mol. The van der Waals surface area contributed by atoms with Gasteiger partial charge in [-0.2, -0.15) is 0 Å². The maximum atomic E-state index is 11.2. The minimum Gasteiger partial charge on any atom is -0.463 e. The number of carbonyl (C=O) groups excluding carboxylic acids is 1. The summed E-state index contributed by atoms with van der Waals surface area (Å²) in [6.07, 6.45) is 8.62. The van der Waals surface area contributed by atoms with Crippen LogP contribution in [-0.4, -0.2) is 24.3 Å². The first kappa shape index (κ1) is 25.8. The lowest BCUT2D eigenvalue weighted by atomic mass is 9.90. The number of allylic oxidation sites excluding steroid dienone is 3. The first-order valence-corrected chi connectivity index (χ1v) is 8.51. The van der Waals surface area contributed by atoms with Gasteiger partial charge in [-0.25, -0.2) is 0 Å². The van der Waals surface area contributed by atoms with Gasteiger partial charge >= 0.3 is 5.97 Å². The molecule has 0 heterocycles. The third-order valence-electron chi connectivity index (χ3n) is 3.22. The van der Waals surface area contributed by atoms with Crippen molar-refractivity contribution in [3.8, 4) is 0 Å². The number of carbonyl (C=O) groups is 1. The van der Waals surface area contributed by atoms with Gasteiger partial charge in [0.2, 0.25) is 0 Å². The average Bonchev–Trinajstić information content (AvgIpc) is 2.56. The van der Waals surface area contributed by atoms with Crippen molar-refractivity contribution in [1.82, 2.24) is 0 Å². The Morgan fingerprint density at radius 1 is 1.18 bits per heavy atom. The predicted molar refractivity (Wildman–Crippen MR) is 96.9 cm³/mol. The van der Waals surface area contributed by atoms with Crippen LogP contribution in [0.1, 0.15) is 73.6 Å². The lowest BCUT2D eigenvalue weighted by molar-refractivity contribution is -0.148. The Morgan fingerprint density at radius 2 is 1.73 bits per heavy atom. The molecule has 0 aliphatic heterocycles. The highest BCUT2D eigenvalue weighted by atomic mass is 16.5. The van der Waals surface area contributed by atoms with Crippen molar-refractivity contribution in [2.75, 3.05) is 7.11 Å². The van der Waals surface area contributed by atoms with Gasteiger partial charge in [-0.15, -0.1) is 0 Å². The van der Waals surface area contributed by atoms with Crippen LogP contribution in [0.15, 0.2) is 24.3 Å². The van der Waals surface area contributed by atoms with Crippen LogP contribution in [0.3, 0.4) is 0 Å². The molecule has 132 valence electrons. The number of aliphatic hydroxyl groups is 1. The Balaban J connectivity index is -0.000000826. The van der Waals surface area contributed by atoms with E-state index in [-0.39, 0.29) is 12.1 Å². The zero-order chi connectivity index (χ0) is 18.0. The molecule has 0 fully saturated rings. The van der Waals surface area contributed by atoms with Gasteiger partial charge in [0.15, 0.2) is 0 Å². The number of aliphatic hydroxyl groups excluding tert-OH is 1. The summed E-state index contributed by atoms with van der Waals surface area (Å²) >= 11 is 0. The van der Waals surface area contributed by atoms with Gasteiger partial charge in [-0.05, 0) is 32.1 Å². The highest BCUT2D eigenvalue weighted by molar-refractivity contribution is 5.69. The highest BCUT2D eigenvalue weighted by Gasteiger charge is 2.15. The van der Waals surface area contributed by atoms with Crippen molar-refractivity contribution in [1.29, 1.82) is 0 Å². The molecular formula is C19H38O3. The van der Waals surface area contributed by atoms with E-state index in [4.69, 9.17) is 9.84 Å². The summed E-state index contributed by atoms with van der Waals surface area (Å²) in [4.78, 5) is 11.2. The second-order valence-corrected chi connectivity index (χ2v) is 4.78. The SMILES string of the molecule is C=C/C=C(\CC)CC(CC)CC(C)OC(=O)CC.CC.CO. The summed E-state index contributed by atoms with van der Waals surface area (Å²) in [6, 6.07) is 0. The van der Waals surface area contributed by atoms with Crippen LogP contribution in [0.25, 0.3) is 0 Å². The smallest absolute Gasteiger partial charge is 0.305 e. The molecule has 3 nitrogen and oxygen atoms in total. The summed E-state index contributed by atoms with van der Waals surface area (Å²) in [5.41, 5.74) is 1.42. The maximum Gasteiger partial charge on any atom is 0.305 e. The minimum atomic E-state index is -0.102. The molecule has 0 aliphatic carbocycles. The van der Waals surface area contributed by atoms with E-state index in [2.05, 4.69) is 26.5 Å². The van der Waals surface area contributed by atoms with E-state index in [0.717, 1.165) is 32.8 Å². The number of esters is 1. The number of hydrogen-bond acceptors (Lipinski definition) is 3. The Labute approximate surface area is 138 Å². The van der Waals surface area contributed by atoms with Crippen molar-refractivity contribution < 1.29 is 14.6 Å². The topological polar surface area (TPSA) is 46.5 Å². The van der Waals surface area contributed by atoms with Crippen LogP contribution in [0.4, 0.5) is 0 Å². The van der Waals surface area contributed by atoms with Crippen LogP contribution in [0.2, 0.25) is 0 Å². The fourth-order valence-electron chi connectivity index (χ4n) is 2.09. The van der Waals surface area contributed by atoms with Gasteiger partial charge in [0, 0.05) is 13.5 Å². The van der Waals surface area contributed by atoms with E-state index in [0.29, 0.717) is 12.3 Å². The lowest BCUT2D eigenvalue weighted by Crippen LogP contribution is -2.18. The Hall–Kier alpha value is -1.09. The molecule has 0 bridgehead atoms. The molecule has 0 aromatic heterocycles. The number of ether oxygens (including phenoxy) is 1. The molecule has 0 saturated heterocycles. The van der Waals surface area contributed by atoms with E-state index in [9.17, 15) is 4.79 Å². The zero-order valence-electron chi connectivity index (χ0n) is 15.8. The van der Waals surface area contributed by atoms with E-state index < -0.39 is 0 Å². The van der Waals surface area contributed by atoms with E-state index in [1.54, 1.807) is 0 Å². The van der Waals surface area contributed by atoms with Crippen molar-refractivity contribution in [3.63, 3.8) is 0 Å². The first-order chi connectivity index (χ1) is 10.6. The molecular weight excluding hydrogens is 276 g/mol. The molecule has 3 heteroatoms. The van der Waals surface area contributed by atoms with Gasteiger partial charge in [0.25, 0.3) is 0 Å². The normalized spacial score (nSPS) is 12.8. The fourth-order valence-corrected chi connectivity index (χ4v) is 2.09. The van der Waals surface area contributed by atoms with Crippen LogP contribution in [0, 0.1) is 5.92 Å². The van der Waals surface area contributed by atoms with Crippen molar-refractivity contribution in [2.24, 2.45) is 5.92 Å². The van der Waals surface area contributed by atoms with Crippen LogP contribution < -0.4 is 0 Å². The predicted octanol–water partition coefficient (Wildman–Crippen LogP) is 5.29. The second kappa shape index (κ2) is 19.9. The maximum absolute atomic E-state index is 11.2. The molecule has 1 N–H and O–H groups in total. The molecule has 0 aromatic carbocycles. The van der Waals surface area contributed by atoms with E-state index in [1.165, 1.54) is 5.57 Å². The van der Waals surface area contributed by atoms with Crippen LogP contribution >= 0.6 is 0 Å². The number of hydrogen-bond donors (Lipinski definition) is 1. The average molecular weight is 315 g/mol. The molecule has 0 aromatic rings. The summed E-state index contributed by atoms with van der Waals surface area (Å²) in [7, 11) is 1.00. The second-order valence-electron chi connectivity index (χ2n) is 4.78. The van der Waals surface area contributed by atoms with Gasteiger partial charge in [0.05, 0.1) is 6.10 Å². The van der Waals surface area contributed by atoms with E-state index in [1.807, 2.05) is 33.8 Å². The largest absolute Gasteiger partial charge is 0.463 e. The summed E-state index contributed by atoms with van der Waals surface area (Å²) in [5.74, 6) is 0.477. The summed E-state index contributed by atoms with van der Waals surface area (Å²) in [5, 5.41) is 7.00. The molecule has 0 saturated carbocycles. The van der Waals surface area contributed by atoms with Crippen molar-refractivity contribution in [2.45, 2.75) is 79.8 Å². The Kier molecular flexibility index (Phi) is 23.4. The minimum absolute atomic E-state index is 0.0178. The van der Waals surface area contributed by atoms with Gasteiger partial charge in [-0.3, -0.25) is 4.79 Å². The molecule has 0 rings (SSSR count). The van der Waals surface area contributed by atoms with Crippen molar-refractivity contribution in [3.05, 3.63) is 24.3 Å². The van der Waals surface area contributed by atoms with Gasteiger partial charge in [-0.1, -0.05) is 65.3 Å². The quantitative estimate of drug-likeness (QED) is 0.464. The molecule has 0 radical (unpaired) electrons. The van der Waals surface area contributed by atoms with Crippen LogP contribution in [-0.2, 0) is 9.53 Å². The molecule has 2 unspecified atom stereocenters. The third-order valence-corrected chi connectivity index (χ3v) is 3.22. The van der Waals surface area contributed by atoms with Gasteiger partial charge in [0.1, 0.15) is 0 Å². The zero-order valence-corrected chi connectivity index (χ0v) is 15.8. The lowest BCUT2D eigenvalue weighted by Gasteiger charge is -2.21. The highest BCUT2D eigenvalue weighted by Crippen LogP contribution is 2.23. The Morgan fingerprint density at radius 3 is 2.09 bits per heavy atom.